The highest BCUT2D eigenvalue weighted by Crippen LogP contribution is 2.34. The lowest BCUT2D eigenvalue weighted by atomic mass is 9.93. The second-order valence-electron chi connectivity index (χ2n) is 12.0. The molecule has 0 saturated carbocycles. The minimum absolute atomic E-state index is 0.0407. The molecule has 2 aromatic heterocycles. The second kappa shape index (κ2) is 14.8. The van der Waals surface area contributed by atoms with Gasteiger partial charge in [0.15, 0.2) is 5.82 Å². The van der Waals surface area contributed by atoms with Gasteiger partial charge in [0.2, 0.25) is 5.91 Å². The number of anilines is 2. The fourth-order valence-corrected chi connectivity index (χ4v) is 5.99. The molecule has 11 nitrogen and oxygen atoms in total. The molecule has 3 N–H and O–H groups in total. The normalized spacial score (nSPS) is 18.9. The van der Waals surface area contributed by atoms with Crippen LogP contribution in [0.15, 0.2) is 87.7 Å². The Morgan fingerprint density at radius 1 is 1.06 bits per heavy atom. The third kappa shape index (κ3) is 7.70. The third-order valence-electron chi connectivity index (χ3n) is 8.56. The van der Waals surface area contributed by atoms with Gasteiger partial charge in [0.25, 0.3) is 5.91 Å². The number of fused-ring (bicyclic) bond motifs is 4. The molecule has 252 valence electrons. The lowest BCUT2D eigenvalue weighted by molar-refractivity contribution is -0.119. The predicted octanol–water partition coefficient (Wildman–Crippen LogP) is 7.34. The molecular formula is C36H34ClFN6O5. The highest BCUT2D eigenvalue weighted by molar-refractivity contribution is 6.45. The summed E-state index contributed by atoms with van der Waals surface area (Å²) in [6.45, 7) is 3.72. The minimum atomic E-state index is -0.638. The van der Waals surface area contributed by atoms with E-state index < -0.39 is 29.8 Å². The number of halogens is 2. The number of benzene rings is 2. The van der Waals surface area contributed by atoms with Crippen molar-refractivity contribution in [3.05, 3.63) is 101 Å². The molecule has 2 aromatic carbocycles. The Morgan fingerprint density at radius 2 is 1.92 bits per heavy atom. The number of carbonyl (C=O) groups is 3. The summed E-state index contributed by atoms with van der Waals surface area (Å²) >= 11 is 5.98. The van der Waals surface area contributed by atoms with Crippen LogP contribution in [0.25, 0.3) is 11.1 Å². The number of rotatable bonds is 7. The lowest BCUT2D eigenvalue weighted by Crippen LogP contribution is -2.38. The topological polar surface area (TPSA) is 147 Å². The fourth-order valence-electron chi connectivity index (χ4n) is 5.82. The molecule has 3 atom stereocenters. The maximum Gasteiger partial charge on any atom is 0.411 e. The SMILES string of the molecule is CC1C(C(=O)N[C@H]2CCC[C@@H](C)C(=O)Nc3cc(NC(=O)OCCc4ccco4)ccc3-c3ccnc2c3)=NN=C1c1cccc(Cl)c1F. The Hall–Kier alpha value is -5.36. The first-order valence-corrected chi connectivity index (χ1v) is 16.3. The summed E-state index contributed by atoms with van der Waals surface area (Å²) in [5, 5.41) is 17.0. The number of aromatic nitrogens is 1. The van der Waals surface area contributed by atoms with Gasteiger partial charge in [-0.3, -0.25) is 19.9 Å². The van der Waals surface area contributed by atoms with Crippen molar-refractivity contribution in [1.82, 2.24) is 10.3 Å². The molecule has 0 spiro atoms. The molecule has 2 aliphatic heterocycles. The van der Waals surface area contributed by atoms with Crippen LogP contribution < -0.4 is 16.0 Å². The minimum Gasteiger partial charge on any atom is -0.469 e. The summed E-state index contributed by atoms with van der Waals surface area (Å²) in [4.78, 5) is 44.0. The van der Waals surface area contributed by atoms with Gasteiger partial charge >= 0.3 is 6.09 Å². The number of nitrogens with one attached hydrogen (secondary N) is 3. The van der Waals surface area contributed by atoms with Crippen LogP contribution in [0.1, 0.15) is 56.2 Å². The largest absolute Gasteiger partial charge is 0.469 e. The first-order valence-electron chi connectivity index (χ1n) is 16.0. The summed E-state index contributed by atoms with van der Waals surface area (Å²) in [7, 11) is 0. The Labute approximate surface area is 287 Å². The monoisotopic (exact) mass is 684 g/mol. The number of pyridine rings is 1. The average molecular weight is 685 g/mol. The van der Waals surface area contributed by atoms with Crippen LogP contribution in [0.4, 0.5) is 20.6 Å². The molecular weight excluding hydrogens is 651 g/mol. The van der Waals surface area contributed by atoms with Gasteiger partial charge in [-0.1, -0.05) is 44.0 Å². The zero-order valence-electron chi connectivity index (χ0n) is 26.8. The number of hydrogen-bond acceptors (Lipinski definition) is 8. The van der Waals surface area contributed by atoms with Gasteiger partial charge in [0.05, 0.1) is 40.3 Å². The van der Waals surface area contributed by atoms with Gasteiger partial charge in [-0.2, -0.15) is 5.10 Å². The number of ether oxygens (including phenoxy) is 1. The van der Waals surface area contributed by atoms with Crippen LogP contribution in [0.2, 0.25) is 5.02 Å². The van der Waals surface area contributed by atoms with Crippen LogP contribution in [0, 0.1) is 17.7 Å². The molecule has 0 saturated heterocycles. The van der Waals surface area contributed by atoms with Gasteiger partial charge < -0.3 is 19.8 Å². The van der Waals surface area contributed by atoms with E-state index in [9.17, 15) is 18.8 Å². The van der Waals surface area contributed by atoms with E-state index in [-0.39, 0.29) is 34.7 Å². The molecule has 13 heteroatoms. The summed E-state index contributed by atoms with van der Waals surface area (Å²) in [6.07, 6.45) is 4.67. The van der Waals surface area contributed by atoms with Gasteiger partial charge in [-0.15, -0.1) is 5.10 Å². The molecule has 4 heterocycles. The van der Waals surface area contributed by atoms with E-state index in [2.05, 4.69) is 31.1 Å². The van der Waals surface area contributed by atoms with Crippen LogP contribution in [-0.4, -0.2) is 40.9 Å². The highest BCUT2D eigenvalue weighted by Gasteiger charge is 2.33. The molecule has 0 fully saturated rings. The van der Waals surface area contributed by atoms with E-state index in [0.29, 0.717) is 59.8 Å². The van der Waals surface area contributed by atoms with Gasteiger partial charge in [-0.05, 0) is 66.9 Å². The second-order valence-corrected chi connectivity index (χ2v) is 12.4. The number of carbonyl (C=O) groups excluding carboxylic acids is 3. The Bertz CT molecular complexity index is 1950. The van der Waals surface area contributed by atoms with Gasteiger partial charge in [0, 0.05) is 35.3 Å². The van der Waals surface area contributed by atoms with E-state index in [1.807, 2.05) is 13.0 Å². The van der Waals surface area contributed by atoms with Crippen molar-refractivity contribution < 1.29 is 27.9 Å². The lowest BCUT2D eigenvalue weighted by Gasteiger charge is -2.23. The predicted molar refractivity (Wildman–Crippen MR) is 184 cm³/mol. The van der Waals surface area contributed by atoms with Crippen molar-refractivity contribution >= 4 is 52.3 Å². The molecule has 1 unspecified atom stereocenters. The zero-order chi connectivity index (χ0) is 34.5. The van der Waals surface area contributed by atoms with Gasteiger partial charge in [0.1, 0.15) is 18.1 Å². The average Bonchev–Trinajstić information content (AvgIpc) is 3.75. The first-order chi connectivity index (χ1) is 23.7. The molecule has 2 aliphatic rings. The Balaban J connectivity index is 1.21. The number of hydrogen-bond donors (Lipinski definition) is 3. The van der Waals surface area contributed by atoms with Crippen LogP contribution in [-0.2, 0) is 20.7 Å². The Kier molecular flexibility index (Phi) is 10.1. The molecule has 0 radical (unpaired) electrons. The summed E-state index contributed by atoms with van der Waals surface area (Å²) in [5.41, 5.74) is 3.65. The smallest absolute Gasteiger partial charge is 0.411 e. The maximum atomic E-state index is 14.8. The van der Waals surface area contributed by atoms with E-state index in [0.717, 1.165) is 5.56 Å². The maximum absolute atomic E-state index is 14.8. The zero-order valence-corrected chi connectivity index (χ0v) is 27.6. The standard InChI is InChI=1S/C36H34ClFN6O5/c1-20-6-3-10-28(41-35(46)33-21(2)32(43-44-33)26-8-4-9-27(37)31(26)38)30-18-22(13-15-39-30)25-12-11-23(19-29(25)42-34(20)45)40-36(47)49-17-14-24-7-5-16-48-24/h4-5,7-9,11-13,15-16,18-21,28H,3,6,10,14,17H2,1-2H3,(H,40,47)(H,41,46)(H,42,45)/t20-,21?,28+/m1/s1. The van der Waals surface area contributed by atoms with Crippen molar-refractivity contribution in [2.45, 2.75) is 45.6 Å². The molecule has 4 aromatic rings. The van der Waals surface area contributed by atoms with Crippen LogP contribution in [0.3, 0.4) is 0 Å². The van der Waals surface area contributed by atoms with E-state index >= 15 is 0 Å². The summed E-state index contributed by atoms with van der Waals surface area (Å²) < 4.78 is 25.3. The quantitative estimate of drug-likeness (QED) is 0.186. The van der Waals surface area contributed by atoms with Crippen molar-refractivity contribution in [3.8, 4) is 11.1 Å². The number of nitrogens with zero attached hydrogens (tertiary/aromatic N) is 3. The van der Waals surface area contributed by atoms with Crippen molar-refractivity contribution in [1.29, 1.82) is 0 Å². The van der Waals surface area contributed by atoms with Crippen LogP contribution >= 0.6 is 11.6 Å². The fraction of sp³-hybridized carbons (Fsp3) is 0.278. The summed E-state index contributed by atoms with van der Waals surface area (Å²) in [5.74, 6) is -1.46. The number of furan rings is 1. The van der Waals surface area contributed by atoms with Gasteiger partial charge in [-0.25, -0.2) is 9.18 Å². The Morgan fingerprint density at radius 3 is 2.73 bits per heavy atom. The van der Waals surface area contributed by atoms with E-state index in [1.165, 1.54) is 6.07 Å². The third-order valence-corrected chi connectivity index (χ3v) is 8.86. The first kappa shape index (κ1) is 33.5. The van der Waals surface area contributed by atoms with Crippen molar-refractivity contribution in [2.75, 3.05) is 17.2 Å². The molecule has 3 amide bonds. The summed E-state index contributed by atoms with van der Waals surface area (Å²) in [6, 6.07) is 16.5. The molecule has 2 bridgehead atoms. The molecule has 6 rings (SSSR count). The van der Waals surface area contributed by atoms with Crippen LogP contribution in [0.5, 0.6) is 0 Å². The number of amides is 3. The van der Waals surface area contributed by atoms with E-state index in [1.54, 1.807) is 67.9 Å². The molecule has 0 aliphatic carbocycles. The van der Waals surface area contributed by atoms with Crippen molar-refractivity contribution in [3.63, 3.8) is 0 Å². The van der Waals surface area contributed by atoms with Crippen molar-refractivity contribution in [2.24, 2.45) is 22.0 Å². The van der Waals surface area contributed by atoms with E-state index in [4.69, 9.17) is 20.8 Å². The molecule has 49 heavy (non-hydrogen) atoms. The highest BCUT2D eigenvalue weighted by atomic mass is 35.5.